The van der Waals surface area contributed by atoms with E-state index in [-0.39, 0.29) is 5.25 Å². The van der Waals surface area contributed by atoms with Gasteiger partial charge in [0, 0.05) is 40.2 Å². The second kappa shape index (κ2) is 7.76. The molecule has 0 aromatic carbocycles. The number of fused-ring (bicyclic) bond motifs is 1. The first-order chi connectivity index (χ1) is 11.3. The van der Waals surface area contributed by atoms with Crippen molar-refractivity contribution in [1.82, 2.24) is 9.97 Å². The lowest BCUT2D eigenvalue weighted by molar-refractivity contribution is 0.302. The molecule has 0 radical (unpaired) electrons. The molecule has 2 aromatic rings. The molecule has 5 nitrogen and oxygen atoms in total. The fourth-order valence-electron chi connectivity index (χ4n) is 2.33. The molecular formula is C17H24ClN3O2S. The van der Waals surface area contributed by atoms with E-state index in [1.807, 2.05) is 20.8 Å². The highest BCUT2D eigenvalue weighted by Gasteiger charge is 2.23. The fraction of sp³-hybridized carbons (Fsp3) is 0.529. The summed E-state index contributed by atoms with van der Waals surface area (Å²) in [6, 6.07) is 1.80. The van der Waals surface area contributed by atoms with Gasteiger partial charge in [-0.3, -0.25) is 4.21 Å². The van der Waals surface area contributed by atoms with Crippen LogP contribution in [0.1, 0.15) is 39.2 Å². The molecule has 3 atom stereocenters. The molecule has 0 amide bonds. The number of hydrogen-bond acceptors (Lipinski definition) is 5. The van der Waals surface area contributed by atoms with E-state index in [9.17, 15) is 4.21 Å². The van der Waals surface area contributed by atoms with E-state index in [0.29, 0.717) is 24.1 Å². The van der Waals surface area contributed by atoms with Crippen LogP contribution in [0.3, 0.4) is 0 Å². The van der Waals surface area contributed by atoms with Gasteiger partial charge >= 0.3 is 0 Å². The van der Waals surface area contributed by atoms with Crippen LogP contribution in [0, 0.1) is 0 Å². The molecule has 2 heterocycles. The Hall–Kier alpha value is -1.24. The molecule has 7 heteroatoms. The summed E-state index contributed by atoms with van der Waals surface area (Å²) in [6.07, 6.45) is 6.57. The number of nitrogens with zero attached hydrogens (tertiary/aromatic N) is 2. The van der Waals surface area contributed by atoms with Crippen LogP contribution >= 0.6 is 11.6 Å². The highest BCUT2D eigenvalue weighted by Crippen LogP contribution is 2.33. The number of pyridine rings is 2. The van der Waals surface area contributed by atoms with E-state index in [0.717, 1.165) is 22.8 Å². The molecule has 132 valence electrons. The number of hydrogen-bond donors (Lipinski definition) is 1. The topological polar surface area (TPSA) is 78.1 Å². The largest absolute Gasteiger partial charge is 0.477 e. The standard InChI is InChI=1S/C17H24ClN3O2S/c1-5-17(3,19)14-10-21-16(23-7-6-11(2)24(4)22)13-9-20-15(18)8-12(13)14/h8-11H,5-7,19H2,1-4H3/t11?,17-,24?/m1/s1. The molecule has 0 aliphatic heterocycles. The minimum absolute atomic E-state index is 0.0792. The smallest absolute Gasteiger partial charge is 0.222 e. The molecular weight excluding hydrogens is 346 g/mol. The molecule has 0 bridgehead atoms. The fourth-order valence-corrected chi connectivity index (χ4v) is 2.92. The third-order valence-electron chi connectivity index (χ3n) is 4.38. The van der Waals surface area contributed by atoms with Crippen LogP contribution in [0.4, 0.5) is 0 Å². The first-order valence-electron chi connectivity index (χ1n) is 7.95. The SMILES string of the molecule is CC[C@@](C)(N)c1cnc(OCCC(C)S(C)=O)c2cnc(Cl)cc12. The van der Waals surface area contributed by atoms with Crippen molar-refractivity contribution < 1.29 is 8.95 Å². The van der Waals surface area contributed by atoms with Crippen LogP contribution in [-0.2, 0) is 16.3 Å². The summed E-state index contributed by atoms with van der Waals surface area (Å²) in [5.41, 5.74) is 6.80. The lowest BCUT2D eigenvalue weighted by Crippen LogP contribution is -2.32. The zero-order valence-corrected chi connectivity index (χ0v) is 16.1. The minimum Gasteiger partial charge on any atom is -0.477 e. The summed E-state index contributed by atoms with van der Waals surface area (Å²) in [5, 5.41) is 2.17. The van der Waals surface area contributed by atoms with E-state index in [2.05, 4.69) is 9.97 Å². The van der Waals surface area contributed by atoms with Crippen molar-refractivity contribution in [3.8, 4) is 5.88 Å². The van der Waals surface area contributed by atoms with Crippen molar-refractivity contribution in [2.75, 3.05) is 12.9 Å². The Morgan fingerprint density at radius 2 is 2.08 bits per heavy atom. The summed E-state index contributed by atoms with van der Waals surface area (Å²) in [5.74, 6) is 0.499. The normalized spacial score (nSPS) is 16.6. The van der Waals surface area contributed by atoms with Gasteiger partial charge in [-0.25, -0.2) is 9.97 Å². The van der Waals surface area contributed by atoms with Gasteiger partial charge in [0.2, 0.25) is 5.88 Å². The van der Waals surface area contributed by atoms with Gasteiger partial charge in [-0.1, -0.05) is 25.4 Å². The van der Waals surface area contributed by atoms with Crippen molar-refractivity contribution in [3.05, 3.63) is 29.2 Å². The average Bonchev–Trinajstić information content (AvgIpc) is 2.54. The lowest BCUT2D eigenvalue weighted by Gasteiger charge is -2.25. The number of nitrogens with two attached hydrogens (primary N) is 1. The second-order valence-corrected chi connectivity index (χ2v) is 8.44. The van der Waals surface area contributed by atoms with Gasteiger partial charge in [-0.2, -0.15) is 0 Å². The van der Waals surface area contributed by atoms with Gasteiger partial charge in [0.25, 0.3) is 0 Å². The lowest BCUT2D eigenvalue weighted by atomic mass is 9.89. The molecule has 2 N–H and O–H groups in total. The van der Waals surface area contributed by atoms with Crippen molar-refractivity contribution in [1.29, 1.82) is 0 Å². The minimum atomic E-state index is -0.862. The first-order valence-corrected chi connectivity index (χ1v) is 9.94. The molecule has 2 rings (SSSR count). The van der Waals surface area contributed by atoms with E-state index >= 15 is 0 Å². The molecule has 0 aliphatic rings. The van der Waals surface area contributed by atoms with Gasteiger partial charge < -0.3 is 10.5 Å². The maximum Gasteiger partial charge on any atom is 0.222 e. The molecule has 2 aromatic heterocycles. The van der Waals surface area contributed by atoms with Crippen LogP contribution in [-0.4, -0.2) is 32.3 Å². The Morgan fingerprint density at radius 3 is 2.71 bits per heavy atom. The van der Waals surface area contributed by atoms with E-state index in [4.69, 9.17) is 22.1 Å². The third kappa shape index (κ3) is 4.23. The molecule has 0 aliphatic carbocycles. The van der Waals surface area contributed by atoms with Crippen LogP contribution in [0.5, 0.6) is 5.88 Å². The summed E-state index contributed by atoms with van der Waals surface area (Å²) >= 11 is 6.07. The molecule has 0 saturated carbocycles. The van der Waals surface area contributed by atoms with Crippen molar-refractivity contribution in [3.63, 3.8) is 0 Å². The van der Waals surface area contributed by atoms with Crippen LogP contribution < -0.4 is 10.5 Å². The van der Waals surface area contributed by atoms with E-state index in [1.165, 1.54) is 0 Å². The van der Waals surface area contributed by atoms with Gasteiger partial charge in [-0.15, -0.1) is 0 Å². The predicted octanol–water partition coefficient (Wildman–Crippen LogP) is 3.40. The average molecular weight is 370 g/mol. The third-order valence-corrected chi connectivity index (χ3v) is 5.96. The molecule has 0 saturated heterocycles. The van der Waals surface area contributed by atoms with Gasteiger partial charge in [0.15, 0.2) is 0 Å². The number of halogens is 1. The maximum atomic E-state index is 11.4. The monoisotopic (exact) mass is 369 g/mol. The van der Waals surface area contributed by atoms with E-state index < -0.39 is 16.3 Å². The number of rotatable bonds is 7. The van der Waals surface area contributed by atoms with Gasteiger partial charge in [0.1, 0.15) is 5.15 Å². The van der Waals surface area contributed by atoms with Crippen molar-refractivity contribution in [2.24, 2.45) is 5.73 Å². The Labute approximate surface area is 150 Å². The molecule has 24 heavy (non-hydrogen) atoms. The predicted molar refractivity (Wildman–Crippen MR) is 100 cm³/mol. The summed E-state index contributed by atoms with van der Waals surface area (Å²) in [7, 11) is -0.862. The molecule has 0 fully saturated rings. The number of aromatic nitrogens is 2. The molecule has 0 spiro atoms. The highest BCUT2D eigenvalue weighted by atomic mass is 35.5. The Balaban J connectivity index is 2.36. The molecule has 2 unspecified atom stereocenters. The Morgan fingerprint density at radius 1 is 1.38 bits per heavy atom. The second-order valence-electron chi connectivity index (χ2n) is 6.25. The van der Waals surface area contributed by atoms with Crippen molar-refractivity contribution in [2.45, 2.75) is 44.4 Å². The zero-order valence-electron chi connectivity index (χ0n) is 14.5. The Bertz CT molecular complexity index is 752. The quantitative estimate of drug-likeness (QED) is 0.756. The highest BCUT2D eigenvalue weighted by molar-refractivity contribution is 7.84. The van der Waals surface area contributed by atoms with Gasteiger partial charge in [0.05, 0.1) is 12.0 Å². The summed E-state index contributed by atoms with van der Waals surface area (Å²) in [6.45, 7) is 6.39. The van der Waals surface area contributed by atoms with Gasteiger partial charge in [-0.05, 0) is 36.8 Å². The maximum absolute atomic E-state index is 11.4. The number of ether oxygens (including phenoxy) is 1. The summed E-state index contributed by atoms with van der Waals surface area (Å²) < 4.78 is 17.2. The van der Waals surface area contributed by atoms with Crippen molar-refractivity contribution >= 4 is 33.2 Å². The first kappa shape index (κ1) is 19.1. The summed E-state index contributed by atoms with van der Waals surface area (Å²) in [4.78, 5) is 8.58. The van der Waals surface area contributed by atoms with Crippen LogP contribution in [0.2, 0.25) is 5.15 Å². The van der Waals surface area contributed by atoms with Crippen LogP contribution in [0.25, 0.3) is 10.8 Å². The van der Waals surface area contributed by atoms with E-state index in [1.54, 1.807) is 24.7 Å². The Kier molecular flexibility index (Phi) is 6.17. The zero-order chi connectivity index (χ0) is 17.9. The van der Waals surface area contributed by atoms with Crippen LogP contribution in [0.15, 0.2) is 18.5 Å².